The summed E-state index contributed by atoms with van der Waals surface area (Å²) in [6, 6.07) is 12.8. The quantitative estimate of drug-likeness (QED) is 0.715. The first-order valence-electron chi connectivity index (χ1n) is 8.46. The molecule has 5 nitrogen and oxygen atoms in total. The number of methoxy groups -OCH3 is 1. The van der Waals surface area contributed by atoms with Gasteiger partial charge in [-0.1, -0.05) is 30.3 Å². The minimum Gasteiger partial charge on any atom is -0.496 e. The highest BCUT2D eigenvalue weighted by Crippen LogP contribution is 2.20. The van der Waals surface area contributed by atoms with E-state index in [1.54, 1.807) is 37.5 Å². The fraction of sp³-hybridized carbons (Fsp3) is 0.238. The van der Waals surface area contributed by atoms with Crippen molar-refractivity contribution in [3.05, 3.63) is 71.8 Å². The Balaban J connectivity index is 1.98. The van der Waals surface area contributed by atoms with Crippen molar-refractivity contribution >= 4 is 17.5 Å². The van der Waals surface area contributed by atoms with Crippen molar-refractivity contribution in [2.24, 2.45) is 0 Å². The van der Waals surface area contributed by atoms with E-state index in [9.17, 15) is 9.59 Å². The number of carbonyl (C=O) groups excluding carboxylic acids is 2. The van der Waals surface area contributed by atoms with Gasteiger partial charge in [-0.05, 0) is 42.7 Å². The van der Waals surface area contributed by atoms with E-state index in [2.05, 4.69) is 17.2 Å². The zero-order chi connectivity index (χ0) is 18.9. The second kappa shape index (κ2) is 9.42. The van der Waals surface area contributed by atoms with Gasteiger partial charge in [0.2, 0.25) is 5.91 Å². The topological polar surface area (TPSA) is 67.4 Å². The Kier molecular flexibility index (Phi) is 6.97. The minimum absolute atomic E-state index is 0.137. The molecule has 0 saturated heterocycles. The highest BCUT2D eigenvalue weighted by Gasteiger charge is 2.12. The summed E-state index contributed by atoms with van der Waals surface area (Å²) in [4.78, 5) is 24.5. The molecule has 0 saturated carbocycles. The Morgan fingerprint density at radius 3 is 2.65 bits per heavy atom. The Morgan fingerprint density at radius 2 is 1.96 bits per heavy atom. The van der Waals surface area contributed by atoms with E-state index in [1.165, 1.54) is 0 Å². The number of aryl methyl sites for hydroxylation is 2. The molecular formula is C21H24N2O3. The highest BCUT2D eigenvalue weighted by atomic mass is 16.5. The maximum Gasteiger partial charge on any atom is 0.253 e. The SMILES string of the molecule is C=CCNC(=O)c1ccccc1NC(=O)CCc1ccc(OC)c(C)c1. The predicted molar refractivity (Wildman–Crippen MR) is 104 cm³/mol. The number of ether oxygens (including phenoxy) is 1. The van der Waals surface area contributed by atoms with E-state index in [4.69, 9.17) is 4.74 Å². The number of hydrogen-bond donors (Lipinski definition) is 2. The van der Waals surface area contributed by atoms with E-state index < -0.39 is 0 Å². The zero-order valence-electron chi connectivity index (χ0n) is 15.2. The molecule has 5 heteroatoms. The largest absolute Gasteiger partial charge is 0.496 e. The Morgan fingerprint density at radius 1 is 1.19 bits per heavy atom. The second-order valence-electron chi connectivity index (χ2n) is 5.90. The lowest BCUT2D eigenvalue weighted by atomic mass is 10.1. The van der Waals surface area contributed by atoms with E-state index in [-0.39, 0.29) is 11.8 Å². The maximum atomic E-state index is 12.3. The van der Waals surface area contributed by atoms with Crippen LogP contribution in [0.4, 0.5) is 5.69 Å². The molecule has 2 aromatic rings. The molecule has 0 fully saturated rings. The van der Waals surface area contributed by atoms with Crippen molar-refractivity contribution in [3.8, 4) is 5.75 Å². The molecule has 0 heterocycles. The van der Waals surface area contributed by atoms with Gasteiger partial charge in [-0.3, -0.25) is 9.59 Å². The minimum atomic E-state index is -0.244. The molecule has 136 valence electrons. The van der Waals surface area contributed by atoms with Crippen LogP contribution < -0.4 is 15.4 Å². The molecule has 0 unspecified atom stereocenters. The molecule has 0 aliphatic carbocycles. The van der Waals surface area contributed by atoms with Crippen molar-refractivity contribution in [2.45, 2.75) is 19.8 Å². The van der Waals surface area contributed by atoms with Gasteiger partial charge < -0.3 is 15.4 Å². The molecule has 2 rings (SSSR count). The first kappa shape index (κ1) is 19.2. The number of benzene rings is 2. The molecule has 2 amide bonds. The molecule has 0 aliphatic heterocycles. The van der Waals surface area contributed by atoms with Crippen LogP contribution in [-0.4, -0.2) is 25.5 Å². The van der Waals surface area contributed by atoms with Gasteiger partial charge in [0.25, 0.3) is 5.91 Å². The van der Waals surface area contributed by atoms with Gasteiger partial charge in [0, 0.05) is 13.0 Å². The maximum absolute atomic E-state index is 12.3. The summed E-state index contributed by atoms with van der Waals surface area (Å²) in [7, 11) is 1.64. The first-order valence-corrected chi connectivity index (χ1v) is 8.46. The van der Waals surface area contributed by atoms with Crippen LogP contribution in [0.5, 0.6) is 5.75 Å². The summed E-state index contributed by atoms with van der Waals surface area (Å²) in [6.07, 6.45) is 2.55. The van der Waals surface area contributed by atoms with Gasteiger partial charge in [0.15, 0.2) is 0 Å². The predicted octanol–water partition coefficient (Wildman–Crippen LogP) is 3.49. The molecule has 0 aromatic heterocycles. The standard InChI is InChI=1S/C21H24N2O3/c1-4-13-22-21(25)17-7-5-6-8-18(17)23-20(24)12-10-16-9-11-19(26-3)15(2)14-16/h4-9,11,14H,1,10,12-13H2,2-3H3,(H,22,25)(H,23,24). The average Bonchev–Trinajstić information content (AvgIpc) is 2.65. The average molecular weight is 352 g/mol. The van der Waals surface area contributed by atoms with Crippen molar-refractivity contribution in [1.82, 2.24) is 5.32 Å². The van der Waals surface area contributed by atoms with Crippen LogP contribution in [0.3, 0.4) is 0 Å². The molecule has 0 spiro atoms. The van der Waals surface area contributed by atoms with E-state index in [0.29, 0.717) is 30.6 Å². The number of para-hydroxylation sites is 1. The normalized spacial score (nSPS) is 10.1. The van der Waals surface area contributed by atoms with Crippen molar-refractivity contribution < 1.29 is 14.3 Å². The van der Waals surface area contributed by atoms with Crippen molar-refractivity contribution in [1.29, 1.82) is 0 Å². The van der Waals surface area contributed by atoms with Gasteiger partial charge >= 0.3 is 0 Å². The molecule has 2 aromatic carbocycles. The summed E-state index contributed by atoms with van der Waals surface area (Å²) in [6.45, 7) is 5.92. The van der Waals surface area contributed by atoms with E-state index in [0.717, 1.165) is 16.9 Å². The summed E-state index contributed by atoms with van der Waals surface area (Å²) in [5, 5.41) is 5.54. The Hall–Kier alpha value is -3.08. The third-order valence-electron chi connectivity index (χ3n) is 3.95. The number of anilines is 1. The van der Waals surface area contributed by atoms with Crippen LogP contribution in [0.15, 0.2) is 55.1 Å². The van der Waals surface area contributed by atoms with Gasteiger partial charge in [-0.25, -0.2) is 0 Å². The highest BCUT2D eigenvalue weighted by molar-refractivity contribution is 6.03. The van der Waals surface area contributed by atoms with Crippen LogP contribution in [0.1, 0.15) is 27.9 Å². The van der Waals surface area contributed by atoms with Crippen LogP contribution in [-0.2, 0) is 11.2 Å². The zero-order valence-corrected chi connectivity index (χ0v) is 15.2. The van der Waals surface area contributed by atoms with Crippen LogP contribution >= 0.6 is 0 Å². The second-order valence-corrected chi connectivity index (χ2v) is 5.90. The van der Waals surface area contributed by atoms with Gasteiger partial charge in [0.05, 0.1) is 18.4 Å². The number of hydrogen-bond acceptors (Lipinski definition) is 3. The third-order valence-corrected chi connectivity index (χ3v) is 3.95. The first-order chi connectivity index (χ1) is 12.5. The summed E-state index contributed by atoms with van der Waals surface area (Å²) < 4.78 is 5.24. The molecule has 26 heavy (non-hydrogen) atoms. The van der Waals surface area contributed by atoms with Crippen molar-refractivity contribution in [3.63, 3.8) is 0 Å². The van der Waals surface area contributed by atoms with E-state index >= 15 is 0 Å². The lowest BCUT2D eigenvalue weighted by Gasteiger charge is -2.11. The number of nitrogens with one attached hydrogen (secondary N) is 2. The van der Waals surface area contributed by atoms with Crippen LogP contribution in [0, 0.1) is 6.92 Å². The Bertz CT molecular complexity index is 800. The third kappa shape index (κ3) is 5.21. The lowest BCUT2D eigenvalue weighted by molar-refractivity contribution is -0.116. The Labute approximate surface area is 154 Å². The fourth-order valence-corrected chi connectivity index (χ4v) is 2.62. The van der Waals surface area contributed by atoms with Crippen molar-refractivity contribution in [2.75, 3.05) is 19.0 Å². The lowest BCUT2D eigenvalue weighted by Crippen LogP contribution is -2.25. The van der Waals surface area contributed by atoms with Crippen LogP contribution in [0.2, 0.25) is 0 Å². The molecule has 0 bridgehead atoms. The smallest absolute Gasteiger partial charge is 0.253 e. The summed E-state index contributed by atoms with van der Waals surface area (Å²) in [5.41, 5.74) is 3.04. The molecular weight excluding hydrogens is 328 g/mol. The molecule has 0 radical (unpaired) electrons. The number of amides is 2. The summed E-state index contributed by atoms with van der Waals surface area (Å²) in [5.74, 6) is 0.451. The monoisotopic (exact) mass is 352 g/mol. The molecule has 2 N–H and O–H groups in total. The molecule has 0 aliphatic rings. The van der Waals surface area contributed by atoms with Gasteiger partial charge in [0.1, 0.15) is 5.75 Å². The van der Waals surface area contributed by atoms with Gasteiger partial charge in [-0.2, -0.15) is 0 Å². The summed E-state index contributed by atoms with van der Waals surface area (Å²) >= 11 is 0. The van der Waals surface area contributed by atoms with Crippen LogP contribution in [0.25, 0.3) is 0 Å². The fourth-order valence-electron chi connectivity index (χ4n) is 2.62. The molecule has 0 atom stereocenters. The van der Waals surface area contributed by atoms with E-state index in [1.807, 2.05) is 25.1 Å². The number of carbonyl (C=O) groups is 2. The van der Waals surface area contributed by atoms with Gasteiger partial charge in [-0.15, -0.1) is 6.58 Å². The number of rotatable bonds is 8.